The van der Waals surface area contributed by atoms with Crippen molar-refractivity contribution < 1.29 is 18.4 Å². The molecular weight excluding hydrogens is 352 g/mol. The summed E-state index contributed by atoms with van der Waals surface area (Å²) in [5.74, 6) is -1.75. The van der Waals surface area contributed by atoms with Gasteiger partial charge in [-0.15, -0.1) is 0 Å². The summed E-state index contributed by atoms with van der Waals surface area (Å²) in [7, 11) is 1.92. The van der Waals surface area contributed by atoms with Crippen LogP contribution in [0.25, 0.3) is 0 Å². The van der Waals surface area contributed by atoms with Gasteiger partial charge in [0.05, 0.1) is 11.3 Å². The van der Waals surface area contributed by atoms with Crippen molar-refractivity contribution in [2.24, 2.45) is 0 Å². The van der Waals surface area contributed by atoms with Gasteiger partial charge in [0.15, 0.2) is 0 Å². The molecule has 7 heteroatoms. The molecule has 1 atom stereocenters. The van der Waals surface area contributed by atoms with Crippen LogP contribution < -0.4 is 10.2 Å². The summed E-state index contributed by atoms with van der Waals surface area (Å²) in [6.45, 7) is 0.700. The lowest BCUT2D eigenvalue weighted by molar-refractivity contribution is 0.0719. The summed E-state index contributed by atoms with van der Waals surface area (Å²) in [5.41, 5.74) is 1.90. The Morgan fingerprint density at radius 3 is 2.81 bits per heavy atom. The predicted octanol–water partition coefficient (Wildman–Crippen LogP) is 2.91. The summed E-state index contributed by atoms with van der Waals surface area (Å²) in [6, 6.07) is 8.19. The molecule has 0 aromatic heterocycles. The van der Waals surface area contributed by atoms with E-state index in [2.05, 4.69) is 5.32 Å². The number of anilines is 1. The third-order valence-electron chi connectivity index (χ3n) is 5.25. The van der Waals surface area contributed by atoms with Crippen molar-refractivity contribution >= 4 is 17.5 Å². The van der Waals surface area contributed by atoms with E-state index in [4.69, 9.17) is 0 Å². The van der Waals surface area contributed by atoms with E-state index >= 15 is 0 Å². The van der Waals surface area contributed by atoms with Crippen molar-refractivity contribution in [3.8, 4) is 0 Å². The molecule has 0 spiro atoms. The van der Waals surface area contributed by atoms with Crippen LogP contribution in [0, 0.1) is 11.6 Å². The zero-order valence-electron chi connectivity index (χ0n) is 14.8. The molecule has 1 N–H and O–H groups in total. The molecule has 2 aromatic carbocycles. The largest absolute Gasteiger partial charge is 0.354 e. The zero-order chi connectivity index (χ0) is 19.1. The zero-order valence-corrected chi connectivity index (χ0v) is 14.8. The average Bonchev–Trinajstić information content (AvgIpc) is 3.15. The molecule has 0 radical (unpaired) electrons. The van der Waals surface area contributed by atoms with Crippen molar-refractivity contribution in [1.82, 2.24) is 10.2 Å². The number of nitrogens with zero attached hydrogens (tertiary/aromatic N) is 2. The van der Waals surface area contributed by atoms with Gasteiger partial charge in [0, 0.05) is 37.3 Å². The number of nitrogens with one attached hydrogen (secondary N) is 1. The Morgan fingerprint density at radius 2 is 2.04 bits per heavy atom. The molecule has 1 saturated heterocycles. The number of benzene rings is 2. The van der Waals surface area contributed by atoms with Gasteiger partial charge in [0.2, 0.25) is 0 Å². The van der Waals surface area contributed by atoms with Crippen LogP contribution in [0.1, 0.15) is 39.1 Å². The Labute approximate surface area is 155 Å². The molecule has 2 aliphatic heterocycles. The lowest BCUT2D eigenvalue weighted by atomic mass is 10.0. The first-order valence-corrected chi connectivity index (χ1v) is 8.85. The van der Waals surface area contributed by atoms with Gasteiger partial charge in [-0.25, -0.2) is 8.78 Å². The summed E-state index contributed by atoms with van der Waals surface area (Å²) < 4.78 is 26.7. The molecule has 1 fully saturated rings. The molecule has 2 aromatic rings. The quantitative estimate of drug-likeness (QED) is 0.903. The van der Waals surface area contributed by atoms with Crippen molar-refractivity contribution in [3.63, 3.8) is 0 Å². The highest BCUT2D eigenvalue weighted by atomic mass is 19.1. The molecule has 0 unspecified atom stereocenters. The van der Waals surface area contributed by atoms with Gasteiger partial charge in [-0.3, -0.25) is 9.59 Å². The van der Waals surface area contributed by atoms with Gasteiger partial charge in [0.25, 0.3) is 11.8 Å². The SMILES string of the molecule is CN1c2cc(C(=O)NCc3ccc(F)cc3F)ccc2C(=O)N2CCC[C@@H]21. The number of halogens is 2. The molecule has 0 bridgehead atoms. The van der Waals surface area contributed by atoms with E-state index in [9.17, 15) is 18.4 Å². The number of rotatable bonds is 3. The molecule has 4 rings (SSSR count). The molecule has 0 aliphatic carbocycles. The fourth-order valence-electron chi connectivity index (χ4n) is 3.79. The maximum absolute atomic E-state index is 13.7. The van der Waals surface area contributed by atoms with E-state index < -0.39 is 11.6 Å². The number of carbonyl (C=O) groups excluding carboxylic acids is 2. The first-order valence-electron chi connectivity index (χ1n) is 8.85. The van der Waals surface area contributed by atoms with E-state index in [1.165, 1.54) is 6.07 Å². The Kier molecular flexibility index (Phi) is 4.30. The third-order valence-corrected chi connectivity index (χ3v) is 5.25. The minimum atomic E-state index is -0.701. The van der Waals surface area contributed by atoms with Crippen molar-refractivity contribution in [3.05, 3.63) is 64.7 Å². The van der Waals surface area contributed by atoms with Crippen LogP contribution >= 0.6 is 0 Å². The number of hydrogen-bond donors (Lipinski definition) is 1. The predicted molar refractivity (Wildman–Crippen MR) is 96.4 cm³/mol. The van der Waals surface area contributed by atoms with E-state index in [-0.39, 0.29) is 30.1 Å². The number of hydrogen-bond acceptors (Lipinski definition) is 3. The molecule has 0 saturated carbocycles. The smallest absolute Gasteiger partial charge is 0.257 e. The average molecular weight is 371 g/mol. The van der Waals surface area contributed by atoms with Crippen molar-refractivity contribution in [2.45, 2.75) is 25.6 Å². The first-order chi connectivity index (χ1) is 13.0. The monoisotopic (exact) mass is 371 g/mol. The van der Waals surface area contributed by atoms with Gasteiger partial charge in [-0.1, -0.05) is 6.07 Å². The molecule has 2 heterocycles. The summed E-state index contributed by atoms with van der Waals surface area (Å²) in [6.07, 6.45) is 1.89. The van der Waals surface area contributed by atoms with Gasteiger partial charge in [0.1, 0.15) is 17.8 Å². The van der Waals surface area contributed by atoms with Crippen LogP contribution in [0.5, 0.6) is 0 Å². The van der Waals surface area contributed by atoms with E-state index in [0.29, 0.717) is 11.1 Å². The molecular formula is C20H19F2N3O2. The Balaban J connectivity index is 1.54. The molecule has 2 aliphatic rings. The van der Waals surface area contributed by atoms with Crippen LogP contribution in [0.3, 0.4) is 0 Å². The maximum Gasteiger partial charge on any atom is 0.257 e. The normalized spacial score (nSPS) is 18.3. The summed E-state index contributed by atoms with van der Waals surface area (Å²) in [5, 5.41) is 2.64. The topological polar surface area (TPSA) is 52.7 Å². The van der Waals surface area contributed by atoms with Crippen LogP contribution in [0.4, 0.5) is 14.5 Å². The third kappa shape index (κ3) is 3.03. The number of carbonyl (C=O) groups is 2. The lowest BCUT2D eigenvalue weighted by Gasteiger charge is -2.40. The van der Waals surface area contributed by atoms with Gasteiger partial charge in [-0.05, 0) is 37.1 Å². The minimum Gasteiger partial charge on any atom is -0.354 e. The highest BCUT2D eigenvalue weighted by Crippen LogP contribution is 2.35. The second-order valence-electron chi connectivity index (χ2n) is 6.88. The standard InChI is InChI=1S/C20H19F2N3O2/c1-24-17-9-12(5-7-15(17)20(27)25-8-2-3-18(24)25)19(26)23-11-13-4-6-14(21)10-16(13)22/h4-7,9-10,18H,2-3,8,11H2,1H3,(H,23,26)/t18-/m1/s1. The fourth-order valence-corrected chi connectivity index (χ4v) is 3.79. The summed E-state index contributed by atoms with van der Waals surface area (Å²) >= 11 is 0. The maximum atomic E-state index is 13.7. The van der Waals surface area contributed by atoms with Crippen LogP contribution in [0.15, 0.2) is 36.4 Å². The van der Waals surface area contributed by atoms with E-state index in [1.54, 1.807) is 18.2 Å². The van der Waals surface area contributed by atoms with Crippen molar-refractivity contribution in [1.29, 1.82) is 0 Å². The van der Waals surface area contributed by atoms with Crippen LogP contribution in [-0.4, -0.2) is 36.5 Å². The highest BCUT2D eigenvalue weighted by molar-refractivity contribution is 6.04. The molecule has 2 amide bonds. The van der Waals surface area contributed by atoms with Gasteiger partial charge in [-0.2, -0.15) is 0 Å². The van der Waals surface area contributed by atoms with Gasteiger partial charge >= 0.3 is 0 Å². The Hall–Kier alpha value is -2.96. The van der Waals surface area contributed by atoms with E-state index in [1.807, 2.05) is 16.8 Å². The molecule has 27 heavy (non-hydrogen) atoms. The Bertz CT molecular complexity index is 931. The van der Waals surface area contributed by atoms with Crippen LogP contribution in [-0.2, 0) is 6.54 Å². The Morgan fingerprint density at radius 1 is 1.22 bits per heavy atom. The number of fused-ring (bicyclic) bond motifs is 2. The first kappa shape index (κ1) is 17.5. The molecule has 140 valence electrons. The highest BCUT2D eigenvalue weighted by Gasteiger charge is 2.38. The summed E-state index contributed by atoms with van der Waals surface area (Å²) in [4.78, 5) is 29.0. The van der Waals surface area contributed by atoms with Crippen LogP contribution in [0.2, 0.25) is 0 Å². The van der Waals surface area contributed by atoms with E-state index in [0.717, 1.165) is 37.2 Å². The second kappa shape index (κ2) is 6.64. The fraction of sp³-hybridized carbons (Fsp3) is 0.300. The van der Waals surface area contributed by atoms with Crippen molar-refractivity contribution in [2.75, 3.05) is 18.5 Å². The minimum absolute atomic E-state index is 0.00839. The van der Waals surface area contributed by atoms with Gasteiger partial charge < -0.3 is 15.1 Å². The molecule has 5 nitrogen and oxygen atoms in total. The second-order valence-corrected chi connectivity index (χ2v) is 6.88. The lowest BCUT2D eigenvalue weighted by Crippen LogP contribution is -2.50. The number of amides is 2.